The fourth-order valence-corrected chi connectivity index (χ4v) is 1.77. The minimum atomic E-state index is -1.18. The lowest BCUT2D eigenvalue weighted by Crippen LogP contribution is -2.00. The third kappa shape index (κ3) is 3.00. The first kappa shape index (κ1) is 13.7. The summed E-state index contributed by atoms with van der Waals surface area (Å²) in [5.74, 6) is -0.411. The van der Waals surface area contributed by atoms with Crippen molar-refractivity contribution < 1.29 is 24.5 Å². The highest BCUT2D eigenvalue weighted by atomic mass is 16.5. The number of hydrogen-bond donors (Lipinski definition) is 2. The first-order valence-corrected chi connectivity index (χ1v) is 5.93. The molecule has 0 aliphatic heterocycles. The van der Waals surface area contributed by atoms with Gasteiger partial charge in [-0.1, -0.05) is 18.2 Å². The van der Waals surface area contributed by atoms with Crippen molar-refractivity contribution in [2.75, 3.05) is 7.11 Å². The minimum absolute atomic E-state index is 0.158. The highest BCUT2D eigenvalue weighted by molar-refractivity contribution is 5.90. The van der Waals surface area contributed by atoms with E-state index < -0.39 is 5.97 Å². The maximum absolute atomic E-state index is 10.8. The van der Waals surface area contributed by atoms with Gasteiger partial charge < -0.3 is 19.7 Å². The van der Waals surface area contributed by atoms with E-state index in [-0.39, 0.29) is 17.9 Å². The molecule has 104 valence electrons. The highest BCUT2D eigenvalue weighted by Gasteiger charge is 2.10. The Balaban J connectivity index is 2.11. The number of carboxylic acid groups (broad SMARTS) is 1. The number of para-hydroxylation sites is 1. The second kappa shape index (κ2) is 5.97. The van der Waals surface area contributed by atoms with Crippen LogP contribution in [0.2, 0.25) is 0 Å². The Kier molecular flexibility index (Phi) is 4.10. The first-order chi connectivity index (χ1) is 9.61. The fourth-order valence-electron chi connectivity index (χ4n) is 1.77. The first-order valence-electron chi connectivity index (χ1n) is 5.93. The van der Waals surface area contributed by atoms with Crippen LogP contribution in [0.5, 0.6) is 17.2 Å². The van der Waals surface area contributed by atoms with E-state index in [0.717, 1.165) is 5.56 Å². The molecule has 0 aliphatic carbocycles. The van der Waals surface area contributed by atoms with E-state index in [0.29, 0.717) is 11.5 Å². The van der Waals surface area contributed by atoms with E-state index in [4.69, 9.17) is 14.6 Å². The van der Waals surface area contributed by atoms with Gasteiger partial charge in [-0.15, -0.1) is 0 Å². The fraction of sp³-hybridized carbons (Fsp3) is 0.133. The van der Waals surface area contributed by atoms with Crippen LogP contribution in [0, 0.1) is 0 Å². The van der Waals surface area contributed by atoms with Crippen LogP contribution in [0.15, 0.2) is 42.5 Å². The molecule has 5 nitrogen and oxygen atoms in total. The summed E-state index contributed by atoms with van der Waals surface area (Å²) in [5, 5.41) is 18.4. The van der Waals surface area contributed by atoms with Gasteiger partial charge in [0.2, 0.25) is 0 Å². The lowest BCUT2D eigenvalue weighted by Gasteiger charge is -2.10. The van der Waals surface area contributed by atoms with Crippen molar-refractivity contribution in [2.45, 2.75) is 6.61 Å². The lowest BCUT2D eigenvalue weighted by molar-refractivity contribution is 0.0693. The molecule has 0 saturated heterocycles. The SMILES string of the molecule is COc1ccccc1COc1ccc(C(=O)O)c(O)c1. The molecule has 0 fully saturated rings. The number of aromatic carboxylic acids is 1. The summed E-state index contributed by atoms with van der Waals surface area (Å²) in [6.07, 6.45) is 0. The Morgan fingerprint density at radius 1 is 1.20 bits per heavy atom. The van der Waals surface area contributed by atoms with Gasteiger partial charge in [0, 0.05) is 11.6 Å². The van der Waals surface area contributed by atoms with Gasteiger partial charge >= 0.3 is 5.97 Å². The maximum Gasteiger partial charge on any atom is 0.339 e. The number of ether oxygens (including phenoxy) is 2. The van der Waals surface area contributed by atoms with Crippen molar-refractivity contribution >= 4 is 5.97 Å². The zero-order valence-corrected chi connectivity index (χ0v) is 10.9. The van der Waals surface area contributed by atoms with Crippen LogP contribution in [0.3, 0.4) is 0 Å². The van der Waals surface area contributed by atoms with Crippen LogP contribution in [0.25, 0.3) is 0 Å². The summed E-state index contributed by atoms with van der Waals surface area (Å²) in [7, 11) is 1.58. The van der Waals surface area contributed by atoms with Crippen LogP contribution in [0.4, 0.5) is 0 Å². The van der Waals surface area contributed by atoms with Gasteiger partial charge in [0.25, 0.3) is 0 Å². The average molecular weight is 274 g/mol. The molecule has 0 spiro atoms. The molecule has 0 radical (unpaired) electrons. The van der Waals surface area contributed by atoms with Gasteiger partial charge in [0.15, 0.2) is 0 Å². The summed E-state index contributed by atoms with van der Waals surface area (Å²) in [6, 6.07) is 11.5. The van der Waals surface area contributed by atoms with E-state index in [1.54, 1.807) is 7.11 Å². The minimum Gasteiger partial charge on any atom is -0.507 e. The molecule has 0 saturated carbocycles. The zero-order valence-electron chi connectivity index (χ0n) is 10.9. The summed E-state index contributed by atoms with van der Waals surface area (Å²) in [6.45, 7) is 0.260. The normalized spacial score (nSPS) is 10.1. The number of benzene rings is 2. The van der Waals surface area contributed by atoms with Crippen LogP contribution in [0.1, 0.15) is 15.9 Å². The van der Waals surface area contributed by atoms with Crippen LogP contribution in [-0.2, 0) is 6.61 Å². The third-order valence-electron chi connectivity index (χ3n) is 2.79. The maximum atomic E-state index is 10.8. The molecule has 20 heavy (non-hydrogen) atoms. The molecule has 0 atom stereocenters. The van der Waals surface area contributed by atoms with Crippen molar-refractivity contribution in [3.05, 3.63) is 53.6 Å². The van der Waals surface area contributed by atoms with Crippen molar-refractivity contribution in [3.8, 4) is 17.2 Å². The smallest absolute Gasteiger partial charge is 0.339 e. The summed E-state index contributed by atoms with van der Waals surface area (Å²) >= 11 is 0. The predicted molar refractivity (Wildman–Crippen MR) is 72.4 cm³/mol. The van der Waals surface area contributed by atoms with Crippen molar-refractivity contribution in [2.24, 2.45) is 0 Å². The Morgan fingerprint density at radius 3 is 2.60 bits per heavy atom. The molecule has 2 aromatic carbocycles. The van der Waals surface area contributed by atoms with Gasteiger partial charge in [-0.2, -0.15) is 0 Å². The topological polar surface area (TPSA) is 76.0 Å². The molecule has 0 bridgehead atoms. The summed E-state index contributed by atoms with van der Waals surface area (Å²) < 4.78 is 10.7. The quantitative estimate of drug-likeness (QED) is 0.876. The number of carbonyl (C=O) groups is 1. The molecule has 5 heteroatoms. The second-order valence-electron chi connectivity index (χ2n) is 4.08. The molecule has 2 aromatic rings. The van der Waals surface area contributed by atoms with E-state index >= 15 is 0 Å². The van der Waals surface area contributed by atoms with Crippen LogP contribution in [-0.4, -0.2) is 23.3 Å². The van der Waals surface area contributed by atoms with Gasteiger partial charge in [0.1, 0.15) is 29.4 Å². The van der Waals surface area contributed by atoms with E-state index in [1.807, 2.05) is 24.3 Å². The summed E-state index contributed by atoms with van der Waals surface area (Å²) in [5.41, 5.74) is 0.700. The number of methoxy groups -OCH3 is 1. The molecule has 0 amide bonds. The Hall–Kier alpha value is -2.69. The monoisotopic (exact) mass is 274 g/mol. The number of aromatic hydroxyl groups is 1. The predicted octanol–water partition coefficient (Wildman–Crippen LogP) is 2.68. The molecule has 0 heterocycles. The van der Waals surface area contributed by atoms with Gasteiger partial charge in [-0.3, -0.25) is 0 Å². The third-order valence-corrected chi connectivity index (χ3v) is 2.79. The zero-order chi connectivity index (χ0) is 14.5. The van der Waals surface area contributed by atoms with Crippen LogP contribution < -0.4 is 9.47 Å². The number of rotatable bonds is 5. The molecule has 0 aromatic heterocycles. The van der Waals surface area contributed by atoms with Gasteiger partial charge in [-0.25, -0.2) is 4.79 Å². The van der Waals surface area contributed by atoms with Crippen LogP contribution >= 0.6 is 0 Å². The van der Waals surface area contributed by atoms with E-state index in [9.17, 15) is 9.90 Å². The van der Waals surface area contributed by atoms with Gasteiger partial charge in [-0.05, 0) is 18.2 Å². The molecular formula is C15H14O5. The highest BCUT2D eigenvalue weighted by Crippen LogP contribution is 2.25. The lowest BCUT2D eigenvalue weighted by atomic mass is 10.2. The van der Waals surface area contributed by atoms with Crippen molar-refractivity contribution in [1.82, 2.24) is 0 Å². The van der Waals surface area contributed by atoms with E-state index in [1.165, 1.54) is 18.2 Å². The second-order valence-corrected chi connectivity index (χ2v) is 4.08. The number of hydrogen-bond acceptors (Lipinski definition) is 4. The average Bonchev–Trinajstić information content (AvgIpc) is 2.45. The number of phenols is 1. The van der Waals surface area contributed by atoms with E-state index in [2.05, 4.69) is 0 Å². The molecule has 2 rings (SSSR count). The molecular weight excluding hydrogens is 260 g/mol. The largest absolute Gasteiger partial charge is 0.507 e. The Labute approximate surface area is 116 Å². The number of carboxylic acids is 1. The Bertz CT molecular complexity index is 621. The van der Waals surface area contributed by atoms with Crippen molar-refractivity contribution in [3.63, 3.8) is 0 Å². The molecule has 0 aliphatic rings. The van der Waals surface area contributed by atoms with Gasteiger partial charge in [0.05, 0.1) is 7.11 Å². The van der Waals surface area contributed by atoms with Crippen molar-refractivity contribution in [1.29, 1.82) is 0 Å². The standard InChI is InChI=1S/C15H14O5/c1-19-14-5-3-2-4-10(14)9-20-11-6-7-12(15(17)18)13(16)8-11/h2-8,16H,9H2,1H3,(H,17,18). The molecule has 0 unspecified atom stereocenters. The summed E-state index contributed by atoms with van der Waals surface area (Å²) in [4.78, 5) is 10.8. The Morgan fingerprint density at radius 2 is 1.95 bits per heavy atom. The molecule has 2 N–H and O–H groups in total.